The number of aliphatic carboxylic acids is 1. The molecular weight excluding hydrogens is 220 g/mol. The fourth-order valence-corrected chi connectivity index (χ4v) is 1.95. The van der Waals surface area contributed by atoms with Crippen LogP contribution < -0.4 is 0 Å². The van der Waals surface area contributed by atoms with Crippen LogP contribution in [0.15, 0.2) is 0 Å². The summed E-state index contributed by atoms with van der Waals surface area (Å²) in [6.45, 7) is 10.9. The number of rotatable bonds is 7. The molecule has 0 saturated carbocycles. The van der Waals surface area contributed by atoms with E-state index < -0.39 is 5.97 Å². The van der Waals surface area contributed by atoms with E-state index in [1.165, 1.54) is 0 Å². The van der Waals surface area contributed by atoms with Crippen molar-refractivity contribution >= 4 is 5.97 Å². The molecule has 5 heteroatoms. The number of carbonyl (C=O) groups is 1. The van der Waals surface area contributed by atoms with Crippen LogP contribution in [0, 0.1) is 5.92 Å². The van der Waals surface area contributed by atoms with Crippen molar-refractivity contribution in [1.82, 2.24) is 9.80 Å². The molecule has 1 fully saturated rings. The van der Waals surface area contributed by atoms with Crippen molar-refractivity contribution in [1.29, 1.82) is 0 Å². The number of nitrogens with zero attached hydrogens (tertiary/aromatic N) is 2. The van der Waals surface area contributed by atoms with Gasteiger partial charge >= 0.3 is 5.97 Å². The summed E-state index contributed by atoms with van der Waals surface area (Å²) in [6, 6.07) is 0. The second-order valence-electron chi connectivity index (χ2n) is 4.59. The molecule has 17 heavy (non-hydrogen) atoms. The fourth-order valence-electron chi connectivity index (χ4n) is 1.95. The monoisotopic (exact) mass is 244 g/mol. The lowest BCUT2D eigenvalue weighted by Crippen LogP contribution is -2.42. The van der Waals surface area contributed by atoms with E-state index in [9.17, 15) is 4.79 Å². The van der Waals surface area contributed by atoms with Crippen LogP contribution in [-0.4, -0.2) is 73.4 Å². The number of hydrogen-bond donors (Lipinski definition) is 1. The Morgan fingerprint density at radius 2 is 2.12 bits per heavy atom. The van der Waals surface area contributed by atoms with Gasteiger partial charge in [0.15, 0.2) is 0 Å². The van der Waals surface area contributed by atoms with Crippen molar-refractivity contribution in [3.05, 3.63) is 0 Å². The molecular formula is C12H24N2O3. The third kappa shape index (κ3) is 5.48. The van der Waals surface area contributed by atoms with E-state index in [4.69, 9.17) is 9.84 Å². The highest BCUT2D eigenvalue weighted by molar-refractivity contribution is 5.69. The molecule has 100 valence electrons. The number of carboxylic acids is 1. The predicted octanol–water partition coefficient (Wildman–Crippen LogP) is 0.361. The van der Waals surface area contributed by atoms with Crippen molar-refractivity contribution in [2.75, 3.05) is 52.5 Å². The van der Waals surface area contributed by atoms with Crippen LogP contribution in [0.3, 0.4) is 0 Å². The van der Waals surface area contributed by atoms with Crippen molar-refractivity contribution < 1.29 is 14.6 Å². The quantitative estimate of drug-likeness (QED) is 0.701. The van der Waals surface area contributed by atoms with Crippen molar-refractivity contribution in [2.45, 2.75) is 13.8 Å². The lowest BCUT2D eigenvalue weighted by Gasteiger charge is -2.30. The Balaban J connectivity index is 2.23. The Morgan fingerprint density at radius 1 is 1.47 bits per heavy atom. The van der Waals surface area contributed by atoms with Crippen LogP contribution in [0.25, 0.3) is 0 Å². The zero-order valence-electron chi connectivity index (χ0n) is 10.9. The predicted molar refractivity (Wildman–Crippen MR) is 66.2 cm³/mol. The van der Waals surface area contributed by atoms with Gasteiger partial charge < -0.3 is 14.7 Å². The maximum absolute atomic E-state index is 10.8. The van der Waals surface area contributed by atoms with Gasteiger partial charge in [-0.1, -0.05) is 13.8 Å². The highest BCUT2D eigenvalue weighted by atomic mass is 16.5. The molecule has 1 unspecified atom stereocenters. The number of morpholine rings is 1. The van der Waals surface area contributed by atoms with Gasteiger partial charge in [-0.05, 0) is 6.54 Å². The topological polar surface area (TPSA) is 53.0 Å². The molecule has 0 amide bonds. The number of hydrogen-bond acceptors (Lipinski definition) is 4. The van der Waals surface area contributed by atoms with E-state index in [1.54, 1.807) is 6.92 Å². The minimum Gasteiger partial charge on any atom is -0.481 e. The third-order valence-electron chi connectivity index (χ3n) is 3.24. The van der Waals surface area contributed by atoms with E-state index in [0.717, 1.165) is 45.9 Å². The van der Waals surface area contributed by atoms with Crippen LogP contribution in [-0.2, 0) is 9.53 Å². The SMILES string of the molecule is CCN(CCN1CCOCC1)CC(C)C(=O)O. The molecule has 5 nitrogen and oxygen atoms in total. The Labute approximate surface area is 103 Å². The van der Waals surface area contributed by atoms with E-state index in [-0.39, 0.29) is 5.92 Å². The first-order valence-electron chi connectivity index (χ1n) is 6.38. The van der Waals surface area contributed by atoms with Crippen LogP contribution in [0.5, 0.6) is 0 Å². The molecule has 0 radical (unpaired) electrons. The van der Waals surface area contributed by atoms with E-state index >= 15 is 0 Å². The summed E-state index contributed by atoms with van der Waals surface area (Å²) in [6.07, 6.45) is 0. The maximum Gasteiger partial charge on any atom is 0.307 e. The summed E-state index contributed by atoms with van der Waals surface area (Å²) >= 11 is 0. The van der Waals surface area contributed by atoms with Gasteiger partial charge in [0.05, 0.1) is 19.1 Å². The molecule has 1 aliphatic heterocycles. The molecule has 0 spiro atoms. The van der Waals surface area contributed by atoms with Gasteiger partial charge in [-0.15, -0.1) is 0 Å². The van der Waals surface area contributed by atoms with Crippen molar-refractivity contribution in [2.24, 2.45) is 5.92 Å². The first-order chi connectivity index (χ1) is 8.13. The van der Waals surface area contributed by atoms with Crippen LogP contribution in [0.2, 0.25) is 0 Å². The number of likely N-dealkylation sites (N-methyl/N-ethyl adjacent to an activating group) is 1. The molecule has 0 aliphatic carbocycles. The Kier molecular flexibility index (Phi) is 6.47. The van der Waals surface area contributed by atoms with Crippen LogP contribution in [0.1, 0.15) is 13.8 Å². The molecule has 0 aromatic carbocycles. The largest absolute Gasteiger partial charge is 0.481 e. The van der Waals surface area contributed by atoms with Gasteiger partial charge in [-0.25, -0.2) is 0 Å². The standard InChI is InChI=1S/C12H24N2O3/c1-3-13(10-11(2)12(15)16)4-5-14-6-8-17-9-7-14/h11H,3-10H2,1-2H3,(H,15,16). The second kappa shape index (κ2) is 7.63. The molecule has 0 bridgehead atoms. The molecule has 1 N–H and O–H groups in total. The summed E-state index contributed by atoms with van der Waals surface area (Å²) in [4.78, 5) is 15.4. The lowest BCUT2D eigenvalue weighted by atomic mass is 10.1. The van der Waals surface area contributed by atoms with Gasteiger partial charge in [-0.2, -0.15) is 0 Å². The summed E-state index contributed by atoms with van der Waals surface area (Å²) < 4.78 is 5.30. The van der Waals surface area contributed by atoms with Gasteiger partial charge in [-0.3, -0.25) is 9.69 Å². The second-order valence-corrected chi connectivity index (χ2v) is 4.59. The number of ether oxygens (including phenoxy) is 1. The molecule has 1 rings (SSSR count). The Hall–Kier alpha value is -0.650. The van der Waals surface area contributed by atoms with Crippen molar-refractivity contribution in [3.63, 3.8) is 0 Å². The smallest absolute Gasteiger partial charge is 0.307 e. The molecule has 1 heterocycles. The van der Waals surface area contributed by atoms with Gasteiger partial charge in [0.2, 0.25) is 0 Å². The molecule has 0 aromatic rings. The van der Waals surface area contributed by atoms with Gasteiger partial charge in [0.1, 0.15) is 0 Å². The molecule has 1 saturated heterocycles. The van der Waals surface area contributed by atoms with E-state index in [0.29, 0.717) is 6.54 Å². The first kappa shape index (κ1) is 14.4. The zero-order chi connectivity index (χ0) is 12.7. The van der Waals surface area contributed by atoms with Gasteiger partial charge in [0, 0.05) is 32.7 Å². The number of carboxylic acid groups (broad SMARTS) is 1. The highest BCUT2D eigenvalue weighted by Gasteiger charge is 2.16. The third-order valence-corrected chi connectivity index (χ3v) is 3.24. The molecule has 1 atom stereocenters. The summed E-state index contributed by atoms with van der Waals surface area (Å²) in [5.74, 6) is -1.01. The maximum atomic E-state index is 10.8. The molecule has 1 aliphatic rings. The normalized spacial score (nSPS) is 19.5. The Morgan fingerprint density at radius 3 is 2.65 bits per heavy atom. The average molecular weight is 244 g/mol. The lowest BCUT2D eigenvalue weighted by molar-refractivity contribution is -0.141. The summed E-state index contributed by atoms with van der Waals surface area (Å²) in [5.41, 5.74) is 0. The average Bonchev–Trinajstić information content (AvgIpc) is 2.35. The first-order valence-corrected chi connectivity index (χ1v) is 6.38. The summed E-state index contributed by atoms with van der Waals surface area (Å²) in [5, 5.41) is 8.89. The minimum absolute atomic E-state index is 0.292. The van der Waals surface area contributed by atoms with E-state index in [1.807, 2.05) is 0 Å². The van der Waals surface area contributed by atoms with Crippen LogP contribution >= 0.6 is 0 Å². The minimum atomic E-state index is -0.713. The Bertz CT molecular complexity index is 230. The molecule has 0 aromatic heterocycles. The van der Waals surface area contributed by atoms with Crippen LogP contribution in [0.4, 0.5) is 0 Å². The van der Waals surface area contributed by atoms with E-state index in [2.05, 4.69) is 16.7 Å². The van der Waals surface area contributed by atoms with Crippen molar-refractivity contribution in [3.8, 4) is 0 Å². The summed E-state index contributed by atoms with van der Waals surface area (Å²) in [7, 11) is 0. The fraction of sp³-hybridized carbons (Fsp3) is 0.917. The highest BCUT2D eigenvalue weighted by Crippen LogP contribution is 2.02. The zero-order valence-corrected chi connectivity index (χ0v) is 10.9. The van der Waals surface area contributed by atoms with Gasteiger partial charge in [0.25, 0.3) is 0 Å².